The largest absolute Gasteiger partial charge is 0.388 e. The van der Waals surface area contributed by atoms with Gasteiger partial charge >= 0.3 is 0 Å². The SMILES string of the molecule is CC(=O)NC(CC(=O)NCC1(O)CCCCCC1)c1ccccc1. The summed E-state index contributed by atoms with van der Waals surface area (Å²) in [4.78, 5) is 23.7. The van der Waals surface area contributed by atoms with Gasteiger partial charge in [0.15, 0.2) is 0 Å². The molecule has 1 fully saturated rings. The average Bonchev–Trinajstić information content (AvgIpc) is 2.78. The number of amides is 2. The highest BCUT2D eigenvalue weighted by molar-refractivity contribution is 5.79. The monoisotopic (exact) mass is 332 g/mol. The van der Waals surface area contributed by atoms with Crippen molar-refractivity contribution in [3.63, 3.8) is 0 Å². The summed E-state index contributed by atoms with van der Waals surface area (Å²) >= 11 is 0. The maximum absolute atomic E-state index is 12.3. The second kappa shape index (κ2) is 8.83. The molecule has 5 heteroatoms. The van der Waals surface area contributed by atoms with E-state index in [1.54, 1.807) is 0 Å². The number of nitrogens with one attached hydrogen (secondary N) is 2. The predicted molar refractivity (Wildman–Crippen MR) is 93.3 cm³/mol. The number of hydrogen-bond donors (Lipinski definition) is 3. The summed E-state index contributed by atoms with van der Waals surface area (Å²) in [5, 5.41) is 16.3. The lowest BCUT2D eigenvalue weighted by atomic mass is 9.94. The van der Waals surface area contributed by atoms with Crippen LogP contribution in [0.5, 0.6) is 0 Å². The Morgan fingerprint density at radius 2 is 1.75 bits per heavy atom. The number of benzene rings is 1. The van der Waals surface area contributed by atoms with Crippen LogP contribution in [-0.2, 0) is 9.59 Å². The second-order valence-corrected chi connectivity index (χ2v) is 6.78. The Kier molecular flexibility index (Phi) is 6.79. The van der Waals surface area contributed by atoms with Crippen molar-refractivity contribution in [1.82, 2.24) is 10.6 Å². The molecule has 0 aromatic heterocycles. The van der Waals surface area contributed by atoms with Crippen LogP contribution in [0.2, 0.25) is 0 Å². The molecule has 0 radical (unpaired) electrons. The Balaban J connectivity index is 1.91. The van der Waals surface area contributed by atoms with Gasteiger partial charge in [-0.3, -0.25) is 9.59 Å². The summed E-state index contributed by atoms with van der Waals surface area (Å²) < 4.78 is 0. The van der Waals surface area contributed by atoms with Crippen LogP contribution in [0, 0.1) is 0 Å². The minimum absolute atomic E-state index is 0.157. The van der Waals surface area contributed by atoms with Crippen molar-refractivity contribution >= 4 is 11.8 Å². The summed E-state index contributed by atoms with van der Waals surface area (Å²) in [5.74, 6) is -0.325. The zero-order valence-electron chi connectivity index (χ0n) is 14.4. The summed E-state index contributed by atoms with van der Waals surface area (Å²) in [7, 11) is 0. The van der Waals surface area contributed by atoms with E-state index >= 15 is 0 Å². The van der Waals surface area contributed by atoms with E-state index in [0.29, 0.717) is 0 Å². The summed E-state index contributed by atoms with van der Waals surface area (Å²) in [5.41, 5.74) is 0.110. The number of hydrogen-bond acceptors (Lipinski definition) is 3. The minimum atomic E-state index is -0.789. The molecule has 0 heterocycles. The molecule has 0 saturated heterocycles. The van der Waals surface area contributed by atoms with E-state index in [4.69, 9.17) is 0 Å². The van der Waals surface area contributed by atoms with Gasteiger partial charge in [-0.15, -0.1) is 0 Å². The smallest absolute Gasteiger partial charge is 0.222 e. The normalized spacial score (nSPS) is 18.2. The Labute approximate surface area is 143 Å². The third-order valence-corrected chi connectivity index (χ3v) is 4.62. The molecule has 0 aliphatic heterocycles. The van der Waals surface area contributed by atoms with E-state index in [9.17, 15) is 14.7 Å². The van der Waals surface area contributed by atoms with Gasteiger partial charge < -0.3 is 15.7 Å². The molecular formula is C19H28N2O3. The maximum atomic E-state index is 12.3. The van der Waals surface area contributed by atoms with Crippen LogP contribution in [0.25, 0.3) is 0 Å². The lowest BCUT2D eigenvalue weighted by Crippen LogP contribution is -2.43. The molecule has 1 unspecified atom stereocenters. The fourth-order valence-electron chi connectivity index (χ4n) is 3.27. The summed E-state index contributed by atoms with van der Waals surface area (Å²) in [6, 6.07) is 9.11. The fraction of sp³-hybridized carbons (Fsp3) is 0.579. The van der Waals surface area contributed by atoms with Crippen molar-refractivity contribution in [2.75, 3.05) is 6.54 Å². The second-order valence-electron chi connectivity index (χ2n) is 6.78. The molecule has 2 amide bonds. The summed E-state index contributed by atoms with van der Waals surface area (Å²) in [6.45, 7) is 1.73. The molecule has 24 heavy (non-hydrogen) atoms. The molecule has 1 aromatic carbocycles. The molecule has 0 spiro atoms. The molecule has 1 aliphatic carbocycles. The van der Waals surface area contributed by atoms with Crippen molar-refractivity contribution in [3.05, 3.63) is 35.9 Å². The van der Waals surface area contributed by atoms with Crippen molar-refractivity contribution in [2.45, 2.75) is 63.5 Å². The van der Waals surface area contributed by atoms with Gasteiger partial charge in [0.2, 0.25) is 11.8 Å². The Bertz CT molecular complexity index is 537. The molecule has 3 N–H and O–H groups in total. The van der Waals surface area contributed by atoms with Gasteiger partial charge in [0.05, 0.1) is 18.1 Å². The third-order valence-electron chi connectivity index (χ3n) is 4.62. The average molecular weight is 332 g/mol. The Morgan fingerprint density at radius 1 is 1.12 bits per heavy atom. The van der Waals surface area contributed by atoms with Crippen LogP contribution < -0.4 is 10.6 Å². The first kappa shape index (κ1) is 18.5. The van der Waals surface area contributed by atoms with E-state index in [1.165, 1.54) is 6.92 Å². The molecule has 2 rings (SSSR count). The van der Waals surface area contributed by atoms with Gasteiger partial charge in [0.25, 0.3) is 0 Å². The van der Waals surface area contributed by atoms with Gasteiger partial charge in [0, 0.05) is 13.5 Å². The molecule has 132 valence electrons. The molecular weight excluding hydrogens is 304 g/mol. The van der Waals surface area contributed by atoms with Crippen LogP contribution in [0.3, 0.4) is 0 Å². The van der Waals surface area contributed by atoms with E-state index in [1.807, 2.05) is 30.3 Å². The lowest BCUT2D eigenvalue weighted by molar-refractivity contribution is -0.124. The van der Waals surface area contributed by atoms with E-state index in [2.05, 4.69) is 10.6 Å². The maximum Gasteiger partial charge on any atom is 0.222 e. The van der Waals surface area contributed by atoms with Gasteiger partial charge in [-0.05, 0) is 18.4 Å². The molecule has 1 atom stereocenters. The zero-order valence-corrected chi connectivity index (χ0v) is 14.4. The van der Waals surface area contributed by atoms with Crippen LogP contribution in [0.4, 0.5) is 0 Å². The van der Waals surface area contributed by atoms with Crippen LogP contribution in [0.1, 0.15) is 63.5 Å². The topological polar surface area (TPSA) is 78.4 Å². The van der Waals surface area contributed by atoms with Crippen molar-refractivity contribution in [2.24, 2.45) is 0 Å². The van der Waals surface area contributed by atoms with E-state index in [0.717, 1.165) is 44.1 Å². The Hall–Kier alpha value is -1.88. The van der Waals surface area contributed by atoms with Gasteiger partial charge in [-0.2, -0.15) is 0 Å². The lowest BCUT2D eigenvalue weighted by Gasteiger charge is -2.27. The summed E-state index contributed by atoms with van der Waals surface area (Å²) in [6.07, 6.45) is 5.95. The highest BCUT2D eigenvalue weighted by atomic mass is 16.3. The first-order chi connectivity index (χ1) is 11.5. The first-order valence-corrected chi connectivity index (χ1v) is 8.80. The van der Waals surface area contributed by atoms with E-state index < -0.39 is 5.60 Å². The third kappa shape index (κ3) is 5.96. The highest BCUT2D eigenvalue weighted by Crippen LogP contribution is 2.26. The molecule has 5 nitrogen and oxygen atoms in total. The number of carbonyl (C=O) groups excluding carboxylic acids is 2. The molecule has 1 aliphatic rings. The van der Waals surface area contributed by atoms with Crippen LogP contribution in [-0.4, -0.2) is 29.1 Å². The minimum Gasteiger partial charge on any atom is -0.388 e. The van der Waals surface area contributed by atoms with Crippen LogP contribution in [0.15, 0.2) is 30.3 Å². The molecule has 1 aromatic rings. The number of rotatable bonds is 6. The first-order valence-electron chi connectivity index (χ1n) is 8.80. The van der Waals surface area contributed by atoms with Gasteiger partial charge in [-0.1, -0.05) is 56.0 Å². The van der Waals surface area contributed by atoms with E-state index in [-0.39, 0.29) is 30.8 Å². The fourth-order valence-corrected chi connectivity index (χ4v) is 3.27. The number of aliphatic hydroxyl groups is 1. The van der Waals surface area contributed by atoms with Crippen molar-refractivity contribution < 1.29 is 14.7 Å². The Morgan fingerprint density at radius 3 is 2.33 bits per heavy atom. The van der Waals surface area contributed by atoms with Crippen molar-refractivity contribution in [3.8, 4) is 0 Å². The van der Waals surface area contributed by atoms with Crippen molar-refractivity contribution in [1.29, 1.82) is 0 Å². The van der Waals surface area contributed by atoms with Crippen LogP contribution >= 0.6 is 0 Å². The number of carbonyl (C=O) groups is 2. The highest BCUT2D eigenvalue weighted by Gasteiger charge is 2.28. The zero-order chi connectivity index (χ0) is 17.4. The standard InChI is InChI=1S/C19H28N2O3/c1-15(22)21-17(16-9-5-4-6-10-16)13-18(23)20-14-19(24)11-7-2-3-8-12-19/h4-6,9-10,17,24H,2-3,7-8,11-14H2,1H3,(H,20,23)(H,21,22). The predicted octanol–water partition coefficient (Wildman–Crippen LogP) is 2.46. The molecule has 0 bridgehead atoms. The quantitative estimate of drug-likeness (QED) is 0.700. The van der Waals surface area contributed by atoms with Gasteiger partial charge in [-0.25, -0.2) is 0 Å². The van der Waals surface area contributed by atoms with Gasteiger partial charge in [0.1, 0.15) is 0 Å². The molecule has 1 saturated carbocycles.